The molecule has 1 saturated heterocycles. The number of benzene rings is 1. The molecule has 8 heteroatoms. The van der Waals surface area contributed by atoms with E-state index in [1.54, 1.807) is 35.4 Å². The molecule has 1 aliphatic heterocycles. The minimum Gasteiger partial charge on any atom is -0.495 e. The van der Waals surface area contributed by atoms with Crippen LogP contribution in [0.4, 0.5) is 5.69 Å². The third-order valence-corrected chi connectivity index (χ3v) is 4.75. The van der Waals surface area contributed by atoms with Gasteiger partial charge < -0.3 is 19.7 Å². The molecule has 2 amide bonds. The van der Waals surface area contributed by atoms with E-state index < -0.39 is 5.92 Å². The van der Waals surface area contributed by atoms with Crippen molar-refractivity contribution in [3.63, 3.8) is 0 Å². The Balaban J connectivity index is 1.67. The molecule has 0 radical (unpaired) electrons. The van der Waals surface area contributed by atoms with Crippen LogP contribution >= 0.6 is 11.6 Å². The smallest absolute Gasteiger partial charge is 0.227 e. The number of methoxy groups -OCH3 is 1. The minimum atomic E-state index is -0.455. The first kappa shape index (κ1) is 19.9. The van der Waals surface area contributed by atoms with Gasteiger partial charge in [-0.15, -0.1) is 0 Å². The monoisotopic (exact) mass is 403 g/mol. The molecule has 0 saturated carbocycles. The van der Waals surface area contributed by atoms with Crippen LogP contribution in [-0.2, 0) is 16.1 Å². The van der Waals surface area contributed by atoms with Crippen LogP contribution in [0.3, 0.4) is 0 Å². The van der Waals surface area contributed by atoms with Crippen molar-refractivity contribution in [2.24, 2.45) is 5.92 Å². The van der Waals surface area contributed by atoms with Crippen molar-refractivity contribution in [1.82, 2.24) is 10.3 Å². The largest absolute Gasteiger partial charge is 0.495 e. The lowest BCUT2D eigenvalue weighted by molar-refractivity contribution is -0.126. The Hall–Kier alpha value is -2.80. The summed E-state index contributed by atoms with van der Waals surface area (Å²) in [7, 11) is 1.53. The van der Waals surface area contributed by atoms with Crippen LogP contribution in [0.25, 0.3) is 0 Å². The van der Waals surface area contributed by atoms with Crippen LogP contribution in [0.1, 0.15) is 18.9 Å². The number of carbonyl (C=O) groups excluding carboxylic acids is 2. The normalized spacial score (nSPS) is 16.2. The fourth-order valence-electron chi connectivity index (χ4n) is 3.14. The van der Waals surface area contributed by atoms with Crippen molar-refractivity contribution in [1.29, 1.82) is 0 Å². The number of hydrogen-bond donors (Lipinski definition) is 1. The van der Waals surface area contributed by atoms with Gasteiger partial charge in [-0.3, -0.25) is 9.59 Å². The van der Waals surface area contributed by atoms with E-state index in [0.29, 0.717) is 28.9 Å². The molecule has 1 aromatic carbocycles. The molecule has 2 heterocycles. The molecule has 1 N–H and O–H groups in total. The summed E-state index contributed by atoms with van der Waals surface area (Å²) in [6.07, 6.45) is 1.77. The van der Waals surface area contributed by atoms with Gasteiger partial charge >= 0.3 is 0 Å². The number of carbonyl (C=O) groups is 2. The van der Waals surface area contributed by atoms with E-state index in [1.807, 2.05) is 13.0 Å². The zero-order valence-electron chi connectivity index (χ0n) is 15.8. The van der Waals surface area contributed by atoms with Gasteiger partial charge in [0.15, 0.2) is 0 Å². The summed E-state index contributed by atoms with van der Waals surface area (Å²) >= 11 is 6.07. The van der Waals surface area contributed by atoms with Crippen molar-refractivity contribution in [2.75, 3.05) is 25.2 Å². The summed E-state index contributed by atoms with van der Waals surface area (Å²) in [5.41, 5.74) is 1.36. The van der Waals surface area contributed by atoms with Crippen molar-refractivity contribution >= 4 is 29.1 Å². The number of pyridine rings is 1. The second-order valence-electron chi connectivity index (χ2n) is 6.34. The SMILES string of the molecule is CCOc1ncccc1CNC(=O)C1CC(=O)N(c2cc(Cl)ccc2OC)C1. The van der Waals surface area contributed by atoms with Crippen LogP contribution in [0.2, 0.25) is 5.02 Å². The number of nitrogens with zero attached hydrogens (tertiary/aromatic N) is 2. The highest BCUT2D eigenvalue weighted by Crippen LogP contribution is 2.35. The van der Waals surface area contributed by atoms with E-state index >= 15 is 0 Å². The number of hydrogen-bond acceptors (Lipinski definition) is 5. The average molecular weight is 404 g/mol. The molecule has 148 valence electrons. The molecular formula is C20H22ClN3O4. The van der Waals surface area contributed by atoms with Gasteiger partial charge in [-0.1, -0.05) is 17.7 Å². The number of amides is 2. The van der Waals surface area contributed by atoms with E-state index in [4.69, 9.17) is 21.1 Å². The summed E-state index contributed by atoms with van der Waals surface area (Å²) in [4.78, 5) is 30.8. The van der Waals surface area contributed by atoms with Crippen LogP contribution in [-0.4, -0.2) is 37.1 Å². The van der Waals surface area contributed by atoms with Crippen molar-refractivity contribution in [3.05, 3.63) is 47.1 Å². The first-order chi connectivity index (χ1) is 13.5. The molecular weight excluding hydrogens is 382 g/mol. The lowest BCUT2D eigenvalue weighted by atomic mass is 10.1. The first-order valence-electron chi connectivity index (χ1n) is 9.01. The van der Waals surface area contributed by atoms with Crippen molar-refractivity contribution < 1.29 is 19.1 Å². The van der Waals surface area contributed by atoms with Crippen LogP contribution in [0.15, 0.2) is 36.5 Å². The number of nitrogens with one attached hydrogen (secondary N) is 1. The molecule has 2 aromatic rings. The molecule has 3 rings (SSSR count). The second kappa shape index (κ2) is 8.93. The fraction of sp³-hybridized carbons (Fsp3) is 0.350. The molecule has 28 heavy (non-hydrogen) atoms. The van der Waals surface area contributed by atoms with E-state index in [0.717, 1.165) is 5.56 Å². The molecule has 0 aliphatic carbocycles. The fourth-order valence-corrected chi connectivity index (χ4v) is 3.31. The maximum atomic E-state index is 12.6. The van der Waals surface area contributed by atoms with Gasteiger partial charge in [0, 0.05) is 36.3 Å². The Bertz CT molecular complexity index is 874. The standard InChI is InChI=1S/C20H22ClN3O4/c1-3-28-20-13(5-4-8-22-20)11-23-19(26)14-9-18(25)24(12-14)16-10-15(21)6-7-17(16)27-2/h4-8,10,14H,3,9,11-12H2,1-2H3,(H,23,26). The van der Waals surface area contributed by atoms with Gasteiger partial charge in [-0.2, -0.15) is 0 Å². The Morgan fingerprint density at radius 3 is 2.96 bits per heavy atom. The maximum Gasteiger partial charge on any atom is 0.227 e. The predicted octanol–water partition coefficient (Wildman–Crippen LogP) is 2.81. The van der Waals surface area contributed by atoms with Gasteiger partial charge in [0.2, 0.25) is 17.7 Å². The van der Waals surface area contributed by atoms with Crippen LogP contribution in [0.5, 0.6) is 11.6 Å². The molecule has 1 unspecified atom stereocenters. The highest BCUT2D eigenvalue weighted by Gasteiger charge is 2.36. The Morgan fingerprint density at radius 2 is 2.21 bits per heavy atom. The van der Waals surface area contributed by atoms with Crippen LogP contribution < -0.4 is 19.7 Å². The van der Waals surface area contributed by atoms with Gasteiger partial charge in [-0.05, 0) is 31.2 Å². The number of ether oxygens (including phenoxy) is 2. The Labute approximate surface area is 168 Å². The van der Waals surface area contributed by atoms with Crippen molar-refractivity contribution in [3.8, 4) is 11.6 Å². The molecule has 1 fully saturated rings. The van der Waals surface area contributed by atoms with E-state index in [1.165, 1.54) is 7.11 Å². The Morgan fingerprint density at radius 1 is 1.39 bits per heavy atom. The molecule has 0 bridgehead atoms. The van der Waals surface area contributed by atoms with Crippen molar-refractivity contribution in [2.45, 2.75) is 19.9 Å². The van der Waals surface area contributed by atoms with Gasteiger partial charge in [0.1, 0.15) is 5.75 Å². The summed E-state index contributed by atoms with van der Waals surface area (Å²) in [5.74, 6) is 0.247. The first-order valence-corrected chi connectivity index (χ1v) is 9.39. The zero-order valence-corrected chi connectivity index (χ0v) is 16.5. The average Bonchev–Trinajstić information content (AvgIpc) is 3.09. The van der Waals surface area contributed by atoms with Gasteiger partial charge in [-0.25, -0.2) is 4.98 Å². The highest BCUT2D eigenvalue weighted by atomic mass is 35.5. The zero-order chi connectivity index (χ0) is 20.1. The summed E-state index contributed by atoms with van der Waals surface area (Å²) in [6.45, 7) is 2.92. The summed E-state index contributed by atoms with van der Waals surface area (Å²) in [5, 5.41) is 3.37. The third-order valence-electron chi connectivity index (χ3n) is 4.51. The minimum absolute atomic E-state index is 0.132. The third kappa shape index (κ3) is 4.36. The quantitative estimate of drug-likeness (QED) is 0.768. The molecule has 1 atom stereocenters. The predicted molar refractivity (Wildman–Crippen MR) is 106 cm³/mol. The number of aromatic nitrogens is 1. The number of rotatable bonds is 7. The highest BCUT2D eigenvalue weighted by molar-refractivity contribution is 6.31. The second-order valence-corrected chi connectivity index (χ2v) is 6.78. The lowest BCUT2D eigenvalue weighted by Gasteiger charge is -2.20. The van der Waals surface area contributed by atoms with E-state index in [9.17, 15) is 9.59 Å². The number of anilines is 1. The Kier molecular flexibility index (Phi) is 6.36. The maximum absolute atomic E-state index is 12.6. The van der Waals surface area contributed by atoms with E-state index in [2.05, 4.69) is 10.3 Å². The van der Waals surface area contributed by atoms with E-state index in [-0.39, 0.29) is 31.3 Å². The summed E-state index contributed by atoms with van der Waals surface area (Å²) < 4.78 is 10.8. The van der Waals surface area contributed by atoms with Crippen LogP contribution in [0, 0.1) is 5.92 Å². The lowest BCUT2D eigenvalue weighted by Crippen LogP contribution is -2.32. The molecule has 1 aromatic heterocycles. The molecule has 7 nitrogen and oxygen atoms in total. The van der Waals surface area contributed by atoms with Gasteiger partial charge in [0.05, 0.1) is 25.3 Å². The number of halogens is 1. The summed E-state index contributed by atoms with van der Waals surface area (Å²) in [6, 6.07) is 8.70. The molecule has 0 spiro atoms. The molecule has 1 aliphatic rings. The van der Waals surface area contributed by atoms with Gasteiger partial charge in [0.25, 0.3) is 0 Å². The topological polar surface area (TPSA) is 80.8 Å².